The number of benzene rings is 2. The minimum atomic E-state index is -0.788. The molecule has 1 amide bonds. The molecular formula is C20H23F2IN2O3. The van der Waals surface area contributed by atoms with Crippen LogP contribution in [0.2, 0.25) is 0 Å². The molecule has 28 heavy (non-hydrogen) atoms. The number of aliphatic hydroxyl groups is 1. The SMILES string of the molecule is CCNC[C@H](O)CCOc1cc(F)cc(Cc2ccc(I)cc2F)c1C(N)=O. The summed E-state index contributed by atoms with van der Waals surface area (Å²) in [6.07, 6.45) is -0.341. The molecule has 2 rings (SSSR count). The van der Waals surface area contributed by atoms with Gasteiger partial charge < -0.3 is 20.9 Å². The average Bonchev–Trinajstić information content (AvgIpc) is 2.61. The van der Waals surface area contributed by atoms with Gasteiger partial charge in [0.1, 0.15) is 17.4 Å². The van der Waals surface area contributed by atoms with Crippen LogP contribution in [0.3, 0.4) is 0 Å². The predicted octanol–water partition coefficient (Wildman–Crippen LogP) is 3.00. The van der Waals surface area contributed by atoms with Gasteiger partial charge in [-0.05, 0) is 58.5 Å². The highest BCUT2D eigenvalue weighted by Gasteiger charge is 2.19. The first-order chi connectivity index (χ1) is 13.3. The summed E-state index contributed by atoms with van der Waals surface area (Å²) in [7, 11) is 0. The Morgan fingerprint density at radius 1 is 1.29 bits per heavy atom. The summed E-state index contributed by atoms with van der Waals surface area (Å²) < 4.78 is 34.6. The van der Waals surface area contributed by atoms with Crippen LogP contribution in [-0.2, 0) is 6.42 Å². The highest BCUT2D eigenvalue weighted by molar-refractivity contribution is 14.1. The molecule has 0 bridgehead atoms. The van der Waals surface area contributed by atoms with E-state index in [1.165, 1.54) is 6.07 Å². The molecule has 1 atom stereocenters. The number of hydrogen-bond acceptors (Lipinski definition) is 4. The number of aliphatic hydroxyl groups excluding tert-OH is 1. The number of likely N-dealkylation sites (N-methyl/N-ethyl adjacent to an activating group) is 1. The second-order valence-corrected chi connectivity index (χ2v) is 7.56. The summed E-state index contributed by atoms with van der Waals surface area (Å²) in [5.41, 5.74) is 6.06. The first-order valence-electron chi connectivity index (χ1n) is 8.89. The summed E-state index contributed by atoms with van der Waals surface area (Å²) >= 11 is 1.99. The molecule has 4 N–H and O–H groups in total. The van der Waals surface area contributed by atoms with Crippen LogP contribution in [-0.4, -0.2) is 36.8 Å². The zero-order chi connectivity index (χ0) is 20.7. The number of primary amides is 1. The van der Waals surface area contributed by atoms with Crippen molar-refractivity contribution in [3.8, 4) is 5.75 Å². The molecule has 0 aliphatic carbocycles. The number of rotatable bonds is 10. The van der Waals surface area contributed by atoms with Crippen LogP contribution in [0.4, 0.5) is 8.78 Å². The third kappa shape index (κ3) is 6.39. The molecule has 0 saturated heterocycles. The summed E-state index contributed by atoms with van der Waals surface area (Å²) in [5.74, 6) is -1.86. The zero-order valence-corrected chi connectivity index (χ0v) is 17.6. The van der Waals surface area contributed by atoms with Crippen molar-refractivity contribution >= 4 is 28.5 Å². The second-order valence-electron chi connectivity index (χ2n) is 6.31. The number of hydrogen-bond donors (Lipinski definition) is 3. The molecule has 0 aliphatic heterocycles. The van der Waals surface area contributed by atoms with Crippen molar-refractivity contribution in [3.63, 3.8) is 0 Å². The number of carbonyl (C=O) groups excluding carboxylic acids is 1. The smallest absolute Gasteiger partial charge is 0.252 e. The second kappa shape index (κ2) is 10.7. The number of carbonyl (C=O) groups is 1. The highest BCUT2D eigenvalue weighted by atomic mass is 127. The molecule has 0 aromatic heterocycles. The summed E-state index contributed by atoms with van der Waals surface area (Å²) in [4.78, 5) is 12.0. The van der Waals surface area contributed by atoms with Gasteiger partial charge in [0.25, 0.3) is 5.91 Å². The Hall–Kier alpha value is -1.78. The minimum absolute atomic E-state index is 0.00179. The Morgan fingerprint density at radius 3 is 2.68 bits per heavy atom. The number of halogens is 3. The first-order valence-corrected chi connectivity index (χ1v) is 9.97. The number of nitrogens with one attached hydrogen (secondary N) is 1. The van der Waals surface area contributed by atoms with Crippen LogP contribution in [0.15, 0.2) is 30.3 Å². The number of nitrogens with two attached hydrogens (primary N) is 1. The van der Waals surface area contributed by atoms with Crippen LogP contribution >= 0.6 is 22.6 Å². The van der Waals surface area contributed by atoms with Gasteiger partial charge in [0.05, 0.1) is 18.3 Å². The molecule has 5 nitrogen and oxygen atoms in total. The van der Waals surface area contributed by atoms with Crippen molar-refractivity contribution in [1.82, 2.24) is 5.32 Å². The summed E-state index contributed by atoms with van der Waals surface area (Å²) in [6.45, 7) is 3.13. The Morgan fingerprint density at radius 2 is 2.04 bits per heavy atom. The topological polar surface area (TPSA) is 84.6 Å². The third-order valence-corrected chi connectivity index (χ3v) is 4.80. The fraction of sp³-hybridized carbons (Fsp3) is 0.350. The van der Waals surface area contributed by atoms with Gasteiger partial charge in [0.2, 0.25) is 0 Å². The molecule has 2 aromatic rings. The molecule has 152 valence electrons. The lowest BCUT2D eigenvalue weighted by molar-refractivity contribution is 0.0993. The van der Waals surface area contributed by atoms with Crippen LogP contribution in [0, 0.1) is 15.2 Å². The molecule has 2 aromatic carbocycles. The first kappa shape index (κ1) is 22.5. The van der Waals surface area contributed by atoms with Crippen LogP contribution in [0.5, 0.6) is 5.75 Å². The van der Waals surface area contributed by atoms with E-state index in [0.29, 0.717) is 18.5 Å². The van der Waals surface area contributed by atoms with Gasteiger partial charge in [-0.3, -0.25) is 4.79 Å². The van der Waals surface area contributed by atoms with E-state index in [-0.39, 0.29) is 29.9 Å². The van der Waals surface area contributed by atoms with E-state index in [2.05, 4.69) is 5.32 Å². The van der Waals surface area contributed by atoms with Crippen LogP contribution < -0.4 is 15.8 Å². The van der Waals surface area contributed by atoms with Gasteiger partial charge in [-0.25, -0.2) is 8.78 Å². The van der Waals surface area contributed by atoms with Crippen molar-refractivity contribution in [2.45, 2.75) is 25.9 Å². The maximum atomic E-state index is 14.2. The van der Waals surface area contributed by atoms with Gasteiger partial charge >= 0.3 is 0 Å². The number of amides is 1. The average molecular weight is 504 g/mol. The van der Waals surface area contributed by atoms with Gasteiger partial charge in [0, 0.05) is 29.0 Å². The quantitative estimate of drug-likeness (QED) is 0.435. The van der Waals surface area contributed by atoms with Crippen LogP contribution in [0.1, 0.15) is 34.8 Å². The van der Waals surface area contributed by atoms with Crippen molar-refractivity contribution < 1.29 is 23.4 Å². The molecule has 0 fully saturated rings. The van der Waals surface area contributed by atoms with E-state index < -0.39 is 23.6 Å². The fourth-order valence-corrected chi connectivity index (χ4v) is 3.21. The van der Waals surface area contributed by atoms with Crippen molar-refractivity contribution in [2.24, 2.45) is 5.73 Å². The molecule has 0 aliphatic rings. The maximum absolute atomic E-state index is 14.2. The third-order valence-electron chi connectivity index (χ3n) is 4.13. The normalized spacial score (nSPS) is 12.0. The Labute approximate surface area is 176 Å². The van der Waals surface area contributed by atoms with Gasteiger partial charge in [-0.1, -0.05) is 13.0 Å². The number of ether oxygens (including phenoxy) is 1. The largest absolute Gasteiger partial charge is 0.493 e. The zero-order valence-electron chi connectivity index (χ0n) is 15.5. The molecule has 0 radical (unpaired) electrons. The summed E-state index contributed by atoms with van der Waals surface area (Å²) in [5, 5.41) is 12.8. The van der Waals surface area contributed by atoms with E-state index in [4.69, 9.17) is 10.5 Å². The van der Waals surface area contributed by atoms with E-state index >= 15 is 0 Å². The van der Waals surface area contributed by atoms with E-state index in [1.807, 2.05) is 29.5 Å². The fourth-order valence-electron chi connectivity index (χ4n) is 2.76. The molecule has 0 heterocycles. The van der Waals surface area contributed by atoms with Crippen molar-refractivity contribution in [2.75, 3.05) is 19.7 Å². The van der Waals surface area contributed by atoms with Crippen LogP contribution in [0.25, 0.3) is 0 Å². The molecule has 0 saturated carbocycles. The molecular weight excluding hydrogens is 481 g/mol. The predicted molar refractivity (Wildman–Crippen MR) is 112 cm³/mol. The highest BCUT2D eigenvalue weighted by Crippen LogP contribution is 2.27. The lowest BCUT2D eigenvalue weighted by Gasteiger charge is -2.16. The molecule has 8 heteroatoms. The van der Waals surface area contributed by atoms with E-state index in [1.54, 1.807) is 12.1 Å². The standard InChI is InChI=1S/C20H23F2IN2O3/c1-2-25-11-16(26)5-6-28-18-9-14(21)8-13(19(18)20(24)27)7-12-3-4-15(23)10-17(12)22/h3-4,8-10,16,25-26H,2,5-7,11H2,1H3,(H2,24,27)/t16-/m1/s1. The van der Waals surface area contributed by atoms with Gasteiger partial charge in [-0.15, -0.1) is 0 Å². The monoisotopic (exact) mass is 504 g/mol. The minimum Gasteiger partial charge on any atom is -0.493 e. The Bertz CT molecular complexity index is 833. The van der Waals surface area contributed by atoms with E-state index in [9.17, 15) is 18.7 Å². The Balaban J connectivity index is 2.23. The van der Waals surface area contributed by atoms with E-state index in [0.717, 1.165) is 22.2 Å². The maximum Gasteiger partial charge on any atom is 0.252 e. The lowest BCUT2D eigenvalue weighted by atomic mass is 9.98. The molecule has 0 unspecified atom stereocenters. The Kier molecular flexibility index (Phi) is 8.58. The van der Waals surface area contributed by atoms with Crippen molar-refractivity contribution in [1.29, 1.82) is 0 Å². The van der Waals surface area contributed by atoms with Gasteiger partial charge in [0.15, 0.2) is 0 Å². The lowest BCUT2D eigenvalue weighted by Crippen LogP contribution is -2.28. The molecule has 0 spiro atoms. The van der Waals surface area contributed by atoms with Gasteiger partial charge in [-0.2, -0.15) is 0 Å². The van der Waals surface area contributed by atoms with Crippen molar-refractivity contribution in [3.05, 3.63) is 62.2 Å². The summed E-state index contributed by atoms with van der Waals surface area (Å²) in [6, 6.07) is 6.91.